The minimum atomic E-state index is 0.126. The van der Waals surface area contributed by atoms with Crippen LogP contribution in [0.25, 0.3) is 0 Å². The largest absolute Gasteiger partial charge is 0.375 e. The van der Waals surface area contributed by atoms with Crippen LogP contribution < -0.4 is 0 Å². The van der Waals surface area contributed by atoms with Gasteiger partial charge in [-0.15, -0.1) is 0 Å². The maximum atomic E-state index is 11.5. The Morgan fingerprint density at radius 3 is 2.69 bits per heavy atom. The Morgan fingerprint density at radius 2 is 2.15 bits per heavy atom. The maximum Gasteiger partial charge on any atom is 0.248 e. The molecule has 1 aliphatic heterocycles. The number of carbonyl (C=O) groups is 1. The average molecular weight is 185 g/mol. The van der Waals surface area contributed by atoms with Crippen LogP contribution >= 0.6 is 0 Å². The van der Waals surface area contributed by atoms with E-state index >= 15 is 0 Å². The number of methoxy groups -OCH3 is 1. The second-order valence-electron chi connectivity index (χ2n) is 4.02. The van der Waals surface area contributed by atoms with E-state index in [2.05, 4.69) is 13.8 Å². The summed E-state index contributed by atoms with van der Waals surface area (Å²) in [4.78, 5) is 13.4. The second-order valence-corrected chi connectivity index (χ2v) is 4.02. The Kier molecular flexibility index (Phi) is 3.72. The lowest BCUT2D eigenvalue weighted by Gasteiger charge is -2.35. The monoisotopic (exact) mass is 185 g/mol. The Bertz CT molecular complexity index is 182. The molecule has 2 atom stereocenters. The first kappa shape index (κ1) is 10.5. The highest BCUT2D eigenvalue weighted by Gasteiger charge is 2.25. The van der Waals surface area contributed by atoms with Crippen molar-refractivity contribution in [2.24, 2.45) is 11.8 Å². The molecule has 2 unspecified atom stereocenters. The van der Waals surface area contributed by atoms with Crippen molar-refractivity contribution >= 4 is 5.91 Å². The third-order valence-corrected chi connectivity index (χ3v) is 2.95. The molecule has 0 aliphatic carbocycles. The fourth-order valence-electron chi connectivity index (χ4n) is 1.70. The van der Waals surface area contributed by atoms with Gasteiger partial charge in [0.15, 0.2) is 0 Å². The highest BCUT2D eigenvalue weighted by Crippen LogP contribution is 2.22. The third kappa shape index (κ3) is 2.69. The second kappa shape index (κ2) is 4.61. The van der Waals surface area contributed by atoms with Crippen LogP contribution in [-0.4, -0.2) is 37.6 Å². The number of rotatable bonds is 2. The van der Waals surface area contributed by atoms with Gasteiger partial charge in [-0.05, 0) is 18.3 Å². The number of nitrogens with zero attached hydrogens (tertiary/aromatic N) is 1. The molecular weight excluding hydrogens is 166 g/mol. The van der Waals surface area contributed by atoms with Gasteiger partial charge in [-0.1, -0.05) is 13.8 Å². The van der Waals surface area contributed by atoms with Gasteiger partial charge < -0.3 is 9.64 Å². The first-order chi connectivity index (χ1) is 6.15. The van der Waals surface area contributed by atoms with E-state index < -0.39 is 0 Å². The van der Waals surface area contributed by atoms with Crippen molar-refractivity contribution in [3.05, 3.63) is 0 Å². The molecule has 13 heavy (non-hydrogen) atoms. The van der Waals surface area contributed by atoms with Crippen molar-refractivity contribution in [3.63, 3.8) is 0 Å². The third-order valence-electron chi connectivity index (χ3n) is 2.95. The van der Waals surface area contributed by atoms with Gasteiger partial charge in [0.1, 0.15) is 6.61 Å². The van der Waals surface area contributed by atoms with Gasteiger partial charge in [0.2, 0.25) is 5.91 Å². The Morgan fingerprint density at radius 1 is 1.46 bits per heavy atom. The summed E-state index contributed by atoms with van der Waals surface area (Å²) in [5.41, 5.74) is 0. The quantitative estimate of drug-likeness (QED) is 0.645. The van der Waals surface area contributed by atoms with Gasteiger partial charge in [0.05, 0.1) is 0 Å². The van der Waals surface area contributed by atoms with Crippen LogP contribution in [0, 0.1) is 11.8 Å². The van der Waals surface area contributed by atoms with Crippen molar-refractivity contribution < 1.29 is 9.53 Å². The van der Waals surface area contributed by atoms with Gasteiger partial charge in [-0.25, -0.2) is 0 Å². The van der Waals surface area contributed by atoms with E-state index in [0.717, 1.165) is 25.4 Å². The summed E-state index contributed by atoms with van der Waals surface area (Å²) in [6, 6.07) is 0. The molecule has 0 bridgehead atoms. The molecule has 0 N–H and O–H groups in total. The van der Waals surface area contributed by atoms with E-state index in [-0.39, 0.29) is 12.5 Å². The van der Waals surface area contributed by atoms with E-state index in [1.807, 2.05) is 4.90 Å². The van der Waals surface area contributed by atoms with Crippen molar-refractivity contribution in [1.82, 2.24) is 4.90 Å². The number of carbonyl (C=O) groups excluding carboxylic acids is 1. The molecule has 1 heterocycles. The highest BCUT2D eigenvalue weighted by atomic mass is 16.5. The zero-order valence-electron chi connectivity index (χ0n) is 8.75. The summed E-state index contributed by atoms with van der Waals surface area (Å²) >= 11 is 0. The molecule has 0 aromatic carbocycles. The molecule has 3 heteroatoms. The lowest BCUT2D eigenvalue weighted by molar-refractivity contribution is -0.137. The van der Waals surface area contributed by atoms with E-state index in [9.17, 15) is 4.79 Å². The molecule has 0 spiro atoms. The van der Waals surface area contributed by atoms with Gasteiger partial charge in [-0.2, -0.15) is 0 Å². The van der Waals surface area contributed by atoms with E-state index in [0.29, 0.717) is 5.92 Å². The normalized spacial score (nSPS) is 29.0. The Hall–Kier alpha value is -0.570. The maximum absolute atomic E-state index is 11.5. The zero-order chi connectivity index (χ0) is 9.84. The summed E-state index contributed by atoms with van der Waals surface area (Å²) in [5.74, 6) is 1.49. The summed E-state index contributed by atoms with van der Waals surface area (Å²) in [6.07, 6.45) is 1.12. The molecule has 1 saturated heterocycles. The number of piperidine rings is 1. The van der Waals surface area contributed by atoms with Gasteiger partial charge in [-0.3, -0.25) is 4.79 Å². The Labute approximate surface area is 80.1 Å². The molecule has 1 rings (SSSR count). The van der Waals surface area contributed by atoms with Gasteiger partial charge in [0, 0.05) is 20.2 Å². The van der Waals surface area contributed by atoms with Crippen molar-refractivity contribution in [2.75, 3.05) is 26.8 Å². The SMILES string of the molecule is COCC(=O)N1CCC(C)C(C)C1. The summed E-state index contributed by atoms with van der Waals surface area (Å²) in [5, 5.41) is 0. The topological polar surface area (TPSA) is 29.5 Å². The van der Waals surface area contributed by atoms with Crippen LogP contribution in [0.15, 0.2) is 0 Å². The number of hydrogen-bond acceptors (Lipinski definition) is 2. The standard InChI is InChI=1S/C10H19NO2/c1-8-4-5-11(6-9(8)2)10(12)7-13-3/h8-9H,4-7H2,1-3H3. The molecule has 1 amide bonds. The smallest absolute Gasteiger partial charge is 0.248 e. The van der Waals surface area contributed by atoms with Gasteiger partial charge >= 0.3 is 0 Å². The summed E-state index contributed by atoms with van der Waals surface area (Å²) in [6.45, 7) is 6.47. The predicted octanol–water partition coefficient (Wildman–Crippen LogP) is 1.14. The van der Waals surface area contributed by atoms with Gasteiger partial charge in [0.25, 0.3) is 0 Å². The van der Waals surface area contributed by atoms with Crippen LogP contribution in [0.5, 0.6) is 0 Å². The number of ether oxygens (including phenoxy) is 1. The molecule has 1 aliphatic rings. The average Bonchev–Trinajstić information content (AvgIpc) is 2.10. The fourth-order valence-corrected chi connectivity index (χ4v) is 1.70. The van der Waals surface area contributed by atoms with Crippen LogP contribution in [0.2, 0.25) is 0 Å². The molecule has 0 saturated carbocycles. The lowest BCUT2D eigenvalue weighted by Crippen LogP contribution is -2.43. The molecular formula is C10H19NO2. The molecule has 0 aromatic rings. The highest BCUT2D eigenvalue weighted by molar-refractivity contribution is 5.77. The van der Waals surface area contributed by atoms with Crippen molar-refractivity contribution in [2.45, 2.75) is 20.3 Å². The van der Waals surface area contributed by atoms with E-state index in [1.165, 1.54) is 0 Å². The molecule has 1 fully saturated rings. The summed E-state index contributed by atoms with van der Waals surface area (Å²) in [7, 11) is 1.56. The van der Waals surface area contributed by atoms with E-state index in [1.54, 1.807) is 7.11 Å². The van der Waals surface area contributed by atoms with Crippen LogP contribution in [0.3, 0.4) is 0 Å². The fraction of sp³-hybridized carbons (Fsp3) is 0.900. The van der Waals surface area contributed by atoms with Crippen LogP contribution in [0.1, 0.15) is 20.3 Å². The number of amides is 1. The number of likely N-dealkylation sites (tertiary alicyclic amines) is 1. The molecule has 0 radical (unpaired) electrons. The first-order valence-corrected chi connectivity index (χ1v) is 4.92. The minimum absolute atomic E-state index is 0.126. The van der Waals surface area contributed by atoms with Crippen LogP contribution in [0.4, 0.5) is 0 Å². The molecule has 0 aromatic heterocycles. The van der Waals surface area contributed by atoms with Crippen molar-refractivity contribution in [1.29, 1.82) is 0 Å². The summed E-state index contributed by atoms with van der Waals surface area (Å²) < 4.78 is 4.83. The number of hydrogen-bond donors (Lipinski definition) is 0. The lowest BCUT2D eigenvalue weighted by atomic mass is 9.89. The van der Waals surface area contributed by atoms with Crippen LogP contribution in [-0.2, 0) is 9.53 Å². The molecule has 3 nitrogen and oxygen atoms in total. The minimum Gasteiger partial charge on any atom is -0.375 e. The van der Waals surface area contributed by atoms with Crippen molar-refractivity contribution in [3.8, 4) is 0 Å². The zero-order valence-corrected chi connectivity index (χ0v) is 8.75. The Balaban J connectivity index is 2.40. The first-order valence-electron chi connectivity index (χ1n) is 4.92. The van der Waals surface area contributed by atoms with E-state index in [4.69, 9.17) is 4.74 Å². The predicted molar refractivity (Wildman–Crippen MR) is 51.4 cm³/mol. The molecule has 76 valence electrons.